The number of rotatable bonds is 5. The van der Waals surface area contributed by atoms with Crippen LogP contribution in [-0.2, 0) is 6.54 Å². The first kappa shape index (κ1) is 13.7. The lowest BCUT2D eigenvalue weighted by Crippen LogP contribution is -2.46. The summed E-state index contributed by atoms with van der Waals surface area (Å²) in [4.78, 5) is 13.6. The van der Waals surface area contributed by atoms with Crippen LogP contribution >= 0.6 is 0 Å². The van der Waals surface area contributed by atoms with E-state index in [1.165, 1.54) is 6.07 Å². The van der Waals surface area contributed by atoms with Gasteiger partial charge in [-0.25, -0.2) is 0 Å². The molecule has 1 aromatic rings. The average Bonchev–Trinajstić information content (AvgIpc) is 2.29. The van der Waals surface area contributed by atoms with E-state index in [1.807, 2.05) is 25.8 Å². The maximum absolute atomic E-state index is 11.5. The average molecular weight is 239 g/mol. The Morgan fingerprint density at radius 3 is 2.71 bits per heavy atom. The van der Waals surface area contributed by atoms with E-state index in [4.69, 9.17) is 5.73 Å². The molecule has 5 heteroatoms. The van der Waals surface area contributed by atoms with Crippen molar-refractivity contribution in [2.24, 2.45) is 0 Å². The number of nitrogens with zero attached hydrogens (tertiary/aromatic N) is 2. The zero-order valence-electron chi connectivity index (χ0n) is 10.7. The second-order valence-electron chi connectivity index (χ2n) is 4.89. The fourth-order valence-electron chi connectivity index (χ4n) is 1.41. The summed E-state index contributed by atoms with van der Waals surface area (Å²) >= 11 is 0. The number of likely N-dealkylation sites (N-methyl/N-ethyl adjacent to an activating group) is 1. The number of anilines is 1. The zero-order valence-corrected chi connectivity index (χ0v) is 10.7. The molecule has 0 aromatic carbocycles. The van der Waals surface area contributed by atoms with Gasteiger partial charge in [0.25, 0.3) is 5.56 Å². The van der Waals surface area contributed by atoms with E-state index in [-0.39, 0.29) is 17.7 Å². The Morgan fingerprint density at radius 2 is 2.12 bits per heavy atom. The lowest BCUT2D eigenvalue weighted by atomic mass is 10.1. The summed E-state index contributed by atoms with van der Waals surface area (Å²) in [6, 6.07) is 3.06. The predicted octanol–water partition coefficient (Wildman–Crippen LogP) is 0.133. The Balaban J connectivity index is 2.68. The molecule has 0 radical (unpaired) electrons. The Hall–Kier alpha value is -1.33. The van der Waals surface area contributed by atoms with Gasteiger partial charge in [0.1, 0.15) is 0 Å². The minimum Gasteiger partial charge on any atom is -0.398 e. The number of aliphatic hydroxyl groups excluding tert-OH is 1. The molecule has 3 N–H and O–H groups in total. The molecule has 17 heavy (non-hydrogen) atoms. The minimum absolute atomic E-state index is 0.0607. The maximum Gasteiger partial charge on any atom is 0.250 e. The Morgan fingerprint density at radius 1 is 1.47 bits per heavy atom. The van der Waals surface area contributed by atoms with Crippen LogP contribution in [0.3, 0.4) is 0 Å². The van der Waals surface area contributed by atoms with Crippen molar-refractivity contribution in [3.05, 3.63) is 28.7 Å². The van der Waals surface area contributed by atoms with Crippen molar-refractivity contribution in [2.75, 3.05) is 25.9 Å². The van der Waals surface area contributed by atoms with Gasteiger partial charge in [0.05, 0.1) is 6.61 Å². The van der Waals surface area contributed by atoms with E-state index in [0.717, 1.165) is 0 Å². The van der Waals surface area contributed by atoms with Crippen LogP contribution in [0.2, 0.25) is 0 Å². The van der Waals surface area contributed by atoms with E-state index in [1.54, 1.807) is 16.8 Å². The van der Waals surface area contributed by atoms with Gasteiger partial charge in [0.15, 0.2) is 0 Å². The molecule has 0 saturated carbocycles. The first-order valence-electron chi connectivity index (χ1n) is 5.65. The van der Waals surface area contributed by atoms with Gasteiger partial charge < -0.3 is 15.4 Å². The number of nitrogens with two attached hydrogens (primary N) is 1. The van der Waals surface area contributed by atoms with Gasteiger partial charge >= 0.3 is 0 Å². The molecule has 0 bridgehead atoms. The molecule has 0 aliphatic carbocycles. The van der Waals surface area contributed by atoms with Gasteiger partial charge in [0, 0.05) is 36.6 Å². The highest BCUT2D eigenvalue weighted by Crippen LogP contribution is 2.10. The second kappa shape index (κ2) is 5.33. The molecule has 1 aromatic heterocycles. The van der Waals surface area contributed by atoms with Crippen LogP contribution in [-0.4, -0.2) is 40.3 Å². The van der Waals surface area contributed by atoms with Crippen molar-refractivity contribution in [1.82, 2.24) is 9.47 Å². The van der Waals surface area contributed by atoms with Crippen LogP contribution < -0.4 is 11.3 Å². The van der Waals surface area contributed by atoms with Gasteiger partial charge in [-0.3, -0.25) is 9.69 Å². The smallest absolute Gasteiger partial charge is 0.250 e. The molecular formula is C12H21N3O2. The van der Waals surface area contributed by atoms with Gasteiger partial charge in [-0.15, -0.1) is 0 Å². The first-order valence-corrected chi connectivity index (χ1v) is 5.65. The topological polar surface area (TPSA) is 71.5 Å². The van der Waals surface area contributed by atoms with Gasteiger partial charge in [-0.1, -0.05) is 0 Å². The summed E-state index contributed by atoms with van der Waals surface area (Å²) in [6.07, 6.45) is 1.64. The Labute approximate surface area is 101 Å². The fraction of sp³-hybridized carbons (Fsp3) is 0.583. The molecule has 0 amide bonds. The Kier molecular flexibility index (Phi) is 4.31. The van der Waals surface area contributed by atoms with Crippen LogP contribution in [0.1, 0.15) is 13.8 Å². The summed E-state index contributed by atoms with van der Waals surface area (Å²) < 4.78 is 1.58. The number of pyridine rings is 1. The third-order valence-electron chi connectivity index (χ3n) is 3.10. The Bertz CT molecular complexity index is 426. The normalized spacial score (nSPS) is 12.1. The van der Waals surface area contributed by atoms with Crippen LogP contribution in [0.5, 0.6) is 0 Å². The molecule has 0 aliphatic heterocycles. The van der Waals surface area contributed by atoms with E-state index in [9.17, 15) is 9.90 Å². The second-order valence-corrected chi connectivity index (χ2v) is 4.89. The number of aliphatic hydroxyl groups is 1. The first-order chi connectivity index (χ1) is 7.86. The SMILES string of the molecule is CN(CCn1cc(N)ccc1=O)C(C)(C)CO. The van der Waals surface area contributed by atoms with Crippen molar-refractivity contribution < 1.29 is 5.11 Å². The highest BCUT2D eigenvalue weighted by molar-refractivity contribution is 5.33. The number of nitrogen functional groups attached to an aromatic ring is 1. The maximum atomic E-state index is 11.5. The van der Waals surface area contributed by atoms with Gasteiger partial charge in [-0.2, -0.15) is 0 Å². The van der Waals surface area contributed by atoms with Crippen molar-refractivity contribution in [1.29, 1.82) is 0 Å². The minimum atomic E-state index is -0.288. The third-order valence-corrected chi connectivity index (χ3v) is 3.10. The summed E-state index contributed by atoms with van der Waals surface area (Å²) in [6.45, 7) is 5.22. The summed E-state index contributed by atoms with van der Waals surface area (Å²) in [5.74, 6) is 0. The standard InChI is InChI=1S/C12H21N3O2/c1-12(2,9-16)14(3)6-7-15-8-10(13)4-5-11(15)17/h4-5,8,16H,6-7,9,13H2,1-3H3. The van der Waals surface area contributed by atoms with E-state index in [0.29, 0.717) is 18.8 Å². The van der Waals surface area contributed by atoms with E-state index >= 15 is 0 Å². The summed E-state index contributed by atoms with van der Waals surface area (Å²) in [7, 11) is 1.92. The molecule has 0 aliphatic rings. The van der Waals surface area contributed by atoms with Crippen molar-refractivity contribution in [3.8, 4) is 0 Å². The highest BCUT2D eigenvalue weighted by Gasteiger charge is 2.21. The predicted molar refractivity (Wildman–Crippen MR) is 68.9 cm³/mol. The highest BCUT2D eigenvalue weighted by atomic mass is 16.3. The quantitative estimate of drug-likeness (QED) is 0.766. The molecule has 1 heterocycles. The molecule has 0 spiro atoms. The lowest BCUT2D eigenvalue weighted by Gasteiger charge is -2.33. The molecule has 0 atom stereocenters. The molecule has 1 rings (SSSR count). The van der Waals surface area contributed by atoms with Crippen LogP contribution in [0.25, 0.3) is 0 Å². The summed E-state index contributed by atoms with van der Waals surface area (Å²) in [5, 5.41) is 9.23. The molecule has 5 nitrogen and oxygen atoms in total. The van der Waals surface area contributed by atoms with Crippen LogP contribution in [0.15, 0.2) is 23.1 Å². The van der Waals surface area contributed by atoms with Crippen LogP contribution in [0, 0.1) is 0 Å². The molecule has 96 valence electrons. The van der Waals surface area contributed by atoms with Crippen molar-refractivity contribution >= 4 is 5.69 Å². The number of aromatic nitrogens is 1. The number of hydrogen-bond acceptors (Lipinski definition) is 4. The van der Waals surface area contributed by atoms with Crippen LogP contribution in [0.4, 0.5) is 5.69 Å². The molecular weight excluding hydrogens is 218 g/mol. The van der Waals surface area contributed by atoms with Crippen molar-refractivity contribution in [2.45, 2.75) is 25.9 Å². The zero-order chi connectivity index (χ0) is 13.1. The summed E-state index contributed by atoms with van der Waals surface area (Å²) in [5.41, 5.74) is 5.86. The molecule has 0 saturated heterocycles. The monoisotopic (exact) mass is 239 g/mol. The van der Waals surface area contributed by atoms with E-state index < -0.39 is 0 Å². The fourth-order valence-corrected chi connectivity index (χ4v) is 1.41. The van der Waals surface area contributed by atoms with Gasteiger partial charge in [-0.05, 0) is 27.0 Å². The third kappa shape index (κ3) is 3.57. The molecule has 0 fully saturated rings. The largest absolute Gasteiger partial charge is 0.398 e. The lowest BCUT2D eigenvalue weighted by molar-refractivity contribution is 0.0761. The van der Waals surface area contributed by atoms with Gasteiger partial charge in [0.2, 0.25) is 0 Å². The van der Waals surface area contributed by atoms with E-state index in [2.05, 4.69) is 0 Å². The van der Waals surface area contributed by atoms with Crippen molar-refractivity contribution in [3.63, 3.8) is 0 Å². The number of hydrogen-bond donors (Lipinski definition) is 2. The molecule has 0 unspecified atom stereocenters.